The van der Waals surface area contributed by atoms with Crippen LogP contribution in [0.1, 0.15) is 0 Å². The molecule has 0 aromatic heterocycles. The molecule has 0 bridgehead atoms. The average Bonchev–Trinajstić information content (AvgIpc) is 2.36. The number of carbonyl (C=O) groups excluding carboxylic acids is 1. The molecular formula is C9H6F3NO6S2. The van der Waals surface area contributed by atoms with E-state index in [1.807, 2.05) is 0 Å². The normalized spacial score (nSPS) is 12.7. The molecule has 7 nitrogen and oxygen atoms in total. The molecule has 21 heavy (non-hydrogen) atoms. The van der Waals surface area contributed by atoms with Crippen molar-refractivity contribution in [2.75, 3.05) is 6.61 Å². The van der Waals surface area contributed by atoms with Crippen molar-refractivity contribution in [1.29, 1.82) is 0 Å². The van der Waals surface area contributed by atoms with Gasteiger partial charge in [0.05, 0.1) is 0 Å². The second kappa shape index (κ2) is 5.93. The third kappa shape index (κ3) is 4.63. The van der Waals surface area contributed by atoms with Crippen molar-refractivity contribution in [1.82, 2.24) is 0 Å². The Morgan fingerprint density at radius 2 is 1.62 bits per heavy atom. The Labute approximate surface area is 117 Å². The van der Waals surface area contributed by atoms with Gasteiger partial charge in [0.2, 0.25) is 0 Å². The SMILES string of the molecule is O=C=NS(=O)(=O)c1ccccc1S(=O)(=O)OCC(F)(F)F. The molecule has 0 aliphatic heterocycles. The Bertz CT molecular complexity index is 778. The molecule has 0 heterocycles. The van der Waals surface area contributed by atoms with Crippen LogP contribution >= 0.6 is 0 Å². The number of hydrogen-bond acceptors (Lipinski definition) is 6. The fraction of sp³-hybridized carbons (Fsp3) is 0.222. The fourth-order valence-corrected chi connectivity index (χ4v) is 3.54. The minimum Gasteiger partial charge on any atom is -0.257 e. The topological polar surface area (TPSA) is 107 Å². The molecule has 0 unspecified atom stereocenters. The molecule has 0 radical (unpaired) electrons. The van der Waals surface area contributed by atoms with E-state index in [1.54, 1.807) is 0 Å². The lowest BCUT2D eigenvalue weighted by atomic mass is 10.4. The molecule has 0 spiro atoms. The predicted molar refractivity (Wildman–Crippen MR) is 60.9 cm³/mol. The minimum atomic E-state index is -5.01. The zero-order valence-electron chi connectivity index (χ0n) is 9.86. The Balaban J connectivity index is 3.36. The molecule has 0 saturated heterocycles. The van der Waals surface area contributed by atoms with Gasteiger partial charge in [-0.25, -0.2) is 4.79 Å². The van der Waals surface area contributed by atoms with Gasteiger partial charge in [-0.1, -0.05) is 16.5 Å². The summed E-state index contributed by atoms with van der Waals surface area (Å²) in [6, 6.07) is 3.61. The first-order valence-corrected chi connectivity index (χ1v) is 7.74. The summed E-state index contributed by atoms with van der Waals surface area (Å²) in [6.45, 7) is -2.12. The molecule has 0 amide bonds. The van der Waals surface area contributed by atoms with Crippen LogP contribution in [-0.4, -0.2) is 35.7 Å². The van der Waals surface area contributed by atoms with E-state index in [4.69, 9.17) is 0 Å². The van der Waals surface area contributed by atoms with Crippen LogP contribution in [0.25, 0.3) is 0 Å². The quantitative estimate of drug-likeness (QED) is 0.447. The lowest BCUT2D eigenvalue weighted by Crippen LogP contribution is -2.21. The molecule has 0 aliphatic carbocycles. The van der Waals surface area contributed by atoms with Crippen LogP contribution in [-0.2, 0) is 29.1 Å². The number of alkyl halides is 3. The summed E-state index contributed by atoms with van der Waals surface area (Å²) in [5.41, 5.74) is 0. The number of hydrogen-bond donors (Lipinski definition) is 0. The minimum absolute atomic E-state index is 0.707. The van der Waals surface area contributed by atoms with Crippen molar-refractivity contribution in [2.45, 2.75) is 16.0 Å². The van der Waals surface area contributed by atoms with Gasteiger partial charge in [0.15, 0.2) is 6.61 Å². The van der Waals surface area contributed by atoms with Gasteiger partial charge in [-0.05, 0) is 12.1 Å². The van der Waals surface area contributed by atoms with Crippen molar-refractivity contribution in [3.8, 4) is 0 Å². The van der Waals surface area contributed by atoms with E-state index in [1.165, 1.54) is 0 Å². The van der Waals surface area contributed by atoms with Crippen molar-refractivity contribution in [3.05, 3.63) is 24.3 Å². The first kappa shape index (κ1) is 17.3. The monoisotopic (exact) mass is 345 g/mol. The third-order valence-corrected chi connectivity index (χ3v) is 4.61. The highest BCUT2D eigenvalue weighted by Gasteiger charge is 2.33. The van der Waals surface area contributed by atoms with Crippen LogP contribution < -0.4 is 0 Å². The third-order valence-electron chi connectivity index (χ3n) is 1.93. The number of benzene rings is 1. The van der Waals surface area contributed by atoms with Gasteiger partial charge >= 0.3 is 6.18 Å². The van der Waals surface area contributed by atoms with Gasteiger partial charge in [0.25, 0.3) is 26.2 Å². The maximum atomic E-state index is 12.0. The molecule has 1 aromatic carbocycles. The maximum Gasteiger partial charge on any atom is 0.413 e. The number of rotatable bonds is 5. The van der Waals surface area contributed by atoms with Crippen LogP contribution in [0.15, 0.2) is 38.5 Å². The molecule has 1 rings (SSSR count). The van der Waals surface area contributed by atoms with Crippen LogP contribution in [0, 0.1) is 0 Å². The van der Waals surface area contributed by atoms with Crippen LogP contribution in [0.2, 0.25) is 0 Å². The molecule has 12 heteroatoms. The van der Waals surface area contributed by atoms with E-state index in [-0.39, 0.29) is 0 Å². The van der Waals surface area contributed by atoms with E-state index in [9.17, 15) is 34.8 Å². The first-order chi connectivity index (χ1) is 9.49. The van der Waals surface area contributed by atoms with E-state index < -0.39 is 42.7 Å². The van der Waals surface area contributed by atoms with Gasteiger partial charge in [-0.3, -0.25) is 4.18 Å². The zero-order valence-corrected chi connectivity index (χ0v) is 11.5. The summed E-state index contributed by atoms with van der Waals surface area (Å²) in [4.78, 5) is 7.96. The van der Waals surface area contributed by atoms with E-state index in [0.717, 1.165) is 18.2 Å². The van der Waals surface area contributed by atoms with Gasteiger partial charge in [0, 0.05) is 0 Å². The number of isocyanates is 1. The average molecular weight is 345 g/mol. The zero-order chi connectivity index (χ0) is 16.3. The maximum absolute atomic E-state index is 12.0. The first-order valence-electron chi connectivity index (χ1n) is 4.89. The standard InChI is InChI=1S/C9H6F3NO6S2/c10-9(11,12)5-19-21(17,18)8-4-2-1-3-7(8)20(15,16)13-6-14/h1-4H,5H2. The largest absolute Gasteiger partial charge is 0.413 e. The summed E-state index contributed by atoms with van der Waals surface area (Å²) < 4.78 is 88.4. The summed E-state index contributed by atoms with van der Waals surface area (Å²) >= 11 is 0. The highest BCUT2D eigenvalue weighted by Crippen LogP contribution is 2.25. The Kier molecular flexibility index (Phi) is 4.89. The molecule has 1 aromatic rings. The summed E-state index contributed by atoms with van der Waals surface area (Å²) in [5.74, 6) is 0. The Morgan fingerprint density at radius 1 is 1.10 bits per heavy atom. The van der Waals surface area contributed by atoms with Crippen molar-refractivity contribution in [3.63, 3.8) is 0 Å². The molecule has 116 valence electrons. The van der Waals surface area contributed by atoms with Gasteiger partial charge < -0.3 is 0 Å². The second-order valence-electron chi connectivity index (χ2n) is 3.44. The molecule has 0 N–H and O–H groups in total. The lowest BCUT2D eigenvalue weighted by Gasteiger charge is -2.10. The van der Waals surface area contributed by atoms with Crippen LogP contribution in [0.3, 0.4) is 0 Å². The number of sulfonamides is 1. The molecular weight excluding hydrogens is 339 g/mol. The van der Waals surface area contributed by atoms with Gasteiger partial charge in [0.1, 0.15) is 9.79 Å². The molecule has 0 saturated carbocycles. The smallest absolute Gasteiger partial charge is 0.257 e. The van der Waals surface area contributed by atoms with E-state index >= 15 is 0 Å². The van der Waals surface area contributed by atoms with Gasteiger partial charge in [-0.15, -0.1) is 0 Å². The second-order valence-corrected chi connectivity index (χ2v) is 6.59. The summed E-state index contributed by atoms with van der Waals surface area (Å²) in [6.07, 6.45) is -4.22. The lowest BCUT2D eigenvalue weighted by molar-refractivity contribution is -0.152. The molecule has 0 atom stereocenters. The van der Waals surface area contributed by atoms with E-state index in [2.05, 4.69) is 8.58 Å². The van der Waals surface area contributed by atoms with Crippen LogP contribution in [0.5, 0.6) is 0 Å². The number of nitrogens with zero attached hydrogens (tertiary/aromatic N) is 1. The molecule has 0 fully saturated rings. The van der Waals surface area contributed by atoms with E-state index in [0.29, 0.717) is 12.1 Å². The Hall–Kier alpha value is -1.75. The number of halogens is 3. The predicted octanol–water partition coefficient (Wildman–Crippen LogP) is 0.979. The highest BCUT2D eigenvalue weighted by atomic mass is 32.2. The summed E-state index contributed by atoms with van der Waals surface area (Å²) in [7, 11) is -9.73. The van der Waals surface area contributed by atoms with Crippen molar-refractivity contribution >= 4 is 26.2 Å². The highest BCUT2D eigenvalue weighted by molar-refractivity contribution is 7.92. The van der Waals surface area contributed by atoms with Crippen LogP contribution in [0.4, 0.5) is 13.2 Å². The fourth-order valence-electron chi connectivity index (χ4n) is 1.18. The molecule has 0 aliphatic rings. The Morgan fingerprint density at radius 3 is 2.10 bits per heavy atom. The summed E-state index contributed by atoms with van der Waals surface area (Å²) in [5, 5.41) is 0. The van der Waals surface area contributed by atoms with Crippen molar-refractivity contribution in [2.24, 2.45) is 4.40 Å². The van der Waals surface area contributed by atoms with Crippen molar-refractivity contribution < 1.29 is 39.0 Å². The van der Waals surface area contributed by atoms with Gasteiger partial charge in [-0.2, -0.15) is 30.0 Å².